The van der Waals surface area contributed by atoms with Crippen molar-refractivity contribution >= 4 is 43.6 Å². The summed E-state index contributed by atoms with van der Waals surface area (Å²) in [4.78, 5) is 0. The van der Waals surface area contributed by atoms with Gasteiger partial charge in [0.25, 0.3) is 0 Å². The van der Waals surface area contributed by atoms with Gasteiger partial charge in [0.15, 0.2) is 0 Å². The molecule has 2 aliphatic carbocycles. The monoisotopic (exact) mass is 688 g/mol. The van der Waals surface area contributed by atoms with Crippen LogP contribution in [0.3, 0.4) is 0 Å². The van der Waals surface area contributed by atoms with Gasteiger partial charge in [-0.15, -0.1) is 0 Å². The molecule has 54 heavy (non-hydrogen) atoms. The van der Waals surface area contributed by atoms with Crippen molar-refractivity contribution in [2.75, 3.05) is 0 Å². The first-order valence-corrected chi connectivity index (χ1v) is 19.1. The molecule has 0 radical (unpaired) electrons. The van der Waals surface area contributed by atoms with Gasteiger partial charge in [0.2, 0.25) is 0 Å². The first-order valence-electron chi connectivity index (χ1n) is 19.1. The number of nitrogens with zero attached hydrogens (tertiary/aromatic N) is 2. The lowest BCUT2D eigenvalue weighted by molar-refractivity contribution is 0.794. The van der Waals surface area contributed by atoms with E-state index in [2.05, 4.69) is 193 Å². The van der Waals surface area contributed by atoms with Crippen LogP contribution in [0, 0.1) is 0 Å². The fraction of sp³-hybridized carbons (Fsp3) is 0.0769. The van der Waals surface area contributed by atoms with E-state index in [4.69, 9.17) is 0 Å². The highest BCUT2D eigenvalue weighted by Crippen LogP contribution is 2.63. The van der Waals surface area contributed by atoms with Crippen LogP contribution in [0.15, 0.2) is 170 Å². The number of para-hydroxylation sites is 2. The highest BCUT2D eigenvalue weighted by molar-refractivity contribution is 6.10. The zero-order valence-corrected chi connectivity index (χ0v) is 30.3. The van der Waals surface area contributed by atoms with E-state index in [0.717, 1.165) is 6.54 Å². The van der Waals surface area contributed by atoms with Crippen molar-refractivity contribution in [1.29, 1.82) is 0 Å². The molecule has 0 bridgehead atoms. The Hall–Kier alpha value is -6.64. The molecule has 10 aromatic rings. The van der Waals surface area contributed by atoms with Crippen molar-refractivity contribution in [3.8, 4) is 44.5 Å². The minimum absolute atomic E-state index is 0.435. The van der Waals surface area contributed by atoms with Gasteiger partial charge in [0.1, 0.15) is 0 Å². The molecule has 0 saturated heterocycles. The number of fused-ring (bicyclic) bond motifs is 16. The van der Waals surface area contributed by atoms with Crippen molar-refractivity contribution in [3.05, 3.63) is 192 Å². The Bertz CT molecular complexity index is 3180. The van der Waals surface area contributed by atoms with Gasteiger partial charge in [-0.2, -0.15) is 0 Å². The predicted molar refractivity (Wildman–Crippen MR) is 226 cm³/mol. The van der Waals surface area contributed by atoms with Gasteiger partial charge in [-0.1, -0.05) is 121 Å². The van der Waals surface area contributed by atoms with E-state index >= 15 is 0 Å². The molecule has 1 spiro atoms. The second kappa shape index (κ2) is 10.7. The van der Waals surface area contributed by atoms with Crippen LogP contribution in [0.1, 0.15) is 29.2 Å². The smallest absolute Gasteiger partial charge is 0.0725 e. The number of aryl methyl sites for hydroxylation is 2. The summed E-state index contributed by atoms with van der Waals surface area (Å²) in [5.41, 5.74) is 20.4. The van der Waals surface area contributed by atoms with Crippen molar-refractivity contribution in [1.82, 2.24) is 9.13 Å². The number of benzene rings is 8. The molecule has 254 valence electrons. The lowest BCUT2D eigenvalue weighted by Gasteiger charge is -2.31. The van der Waals surface area contributed by atoms with E-state index in [1.54, 1.807) is 0 Å². The van der Waals surface area contributed by atoms with E-state index in [9.17, 15) is 0 Å². The molecule has 2 heterocycles. The molecule has 2 nitrogen and oxygen atoms in total. The summed E-state index contributed by atoms with van der Waals surface area (Å²) in [6.07, 6.45) is 0. The van der Waals surface area contributed by atoms with Gasteiger partial charge >= 0.3 is 0 Å². The molecule has 2 heteroatoms. The zero-order chi connectivity index (χ0) is 35.7. The molecule has 0 amide bonds. The predicted octanol–water partition coefficient (Wildman–Crippen LogP) is 13.1. The first-order chi connectivity index (χ1) is 26.6. The molecule has 0 unspecified atom stereocenters. The number of hydrogen-bond acceptors (Lipinski definition) is 0. The highest BCUT2D eigenvalue weighted by Gasteiger charge is 2.51. The molecule has 0 atom stereocenters. The Balaban J connectivity index is 1.11. The van der Waals surface area contributed by atoms with Crippen LogP contribution in [-0.4, -0.2) is 9.13 Å². The van der Waals surface area contributed by atoms with Gasteiger partial charge in [-0.3, -0.25) is 0 Å². The molecule has 8 aromatic carbocycles. The van der Waals surface area contributed by atoms with Crippen LogP contribution >= 0.6 is 0 Å². The lowest BCUT2D eigenvalue weighted by Crippen LogP contribution is -2.26. The van der Waals surface area contributed by atoms with E-state index < -0.39 is 5.41 Å². The Morgan fingerprint density at radius 1 is 0.370 bits per heavy atom. The van der Waals surface area contributed by atoms with Gasteiger partial charge in [0, 0.05) is 57.2 Å². The lowest BCUT2D eigenvalue weighted by atomic mass is 9.70. The van der Waals surface area contributed by atoms with Gasteiger partial charge in [-0.05, 0) is 122 Å². The largest absolute Gasteiger partial charge is 0.344 e. The molecule has 0 aliphatic heterocycles. The molecule has 0 N–H and O–H groups in total. The van der Waals surface area contributed by atoms with Gasteiger partial charge < -0.3 is 9.13 Å². The number of aromatic nitrogens is 2. The fourth-order valence-electron chi connectivity index (χ4n) is 10.4. The normalized spacial score (nSPS) is 13.6. The van der Waals surface area contributed by atoms with Crippen LogP contribution in [0.4, 0.5) is 0 Å². The van der Waals surface area contributed by atoms with E-state index in [0.29, 0.717) is 0 Å². The van der Waals surface area contributed by atoms with Crippen LogP contribution < -0.4 is 0 Å². The molecule has 12 rings (SSSR count). The Labute approximate surface area is 314 Å². The Morgan fingerprint density at radius 2 is 0.778 bits per heavy atom. The summed E-state index contributed by atoms with van der Waals surface area (Å²) in [5, 5.41) is 5.22. The zero-order valence-electron chi connectivity index (χ0n) is 30.3. The van der Waals surface area contributed by atoms with Crippen LogP contribution in [0.25, 0.3) is 88.1 Å². The maximum Gasteiger partial charge on any atom is 0.0725 e. The van der Waals surface area contributed by atoms with E-state index in [-0.39, 0.29) is 0 Å². The first kappa shape index (κ1) is 29.9. The van der Waals surface area contributed by atoms with Crippen molar-refractivity contribution < 1.29 is 0 Å². The minimum atomic E-state index is -0.435. The molecule has 0 saturated carbocycles. The molecule has 2 aliphatic rings. The summed E-state index contributed by atoms with van der Waals surface area (Å²) >= 11 is 0. The van der Waals surface area contributed by atoms with Crippen molar-refractivity contribution in [2.45, 2.75) is 18.9 Å². The van der Waals surface area contributed by atoms with Crippen molar-refractivity contribution in [2.24, 2.45) is 7.05 Å². The average Bonchev–Trinajstić information content (AvgIpc) is 3.92. The van der Waals surface area contributed by atoms with Crippen molar-refractivity contribution in [3.63, 3.8) is 0 Å². The number of rotatable bonds is 3. The van der Waals surface area contributed by atoms with Crippen LogP contribution in [0.2, 0.25) is 0 Å². The van der Waals surface area contributed by atoms with E-state index in [1.165, 1.54) is 110 Å². The third-order valence-corrected chi connectivity index (χ3v) is 12.8. The molecular formula is C52H36N2. The number of hydrogen-bond donors (Lipinski definition) is 0. The summed E-state index contributed by atoms with van der Waals surface area (Å²) in [5.74, 6) is 0. The van der Waals surface area contributed by atoms with Gasteiger partial charge in [0.05, 0.1) is 5.41 Å². The van der Waals surface area contributed by atoms with Crippen LogP contribution in [0.5, 0.6) is 0 Å². The second-order valence-electron chi connectivity index (χ2n) is 15.2. The maximum absolute atomic E-state index is 2.51. The van der Waals surface area contributed by atoms with E-state index in [1.807, 2.05) is 0 Å². The average molecular weight is 689 g/mol. The van der Waals surface area contributed by atoms with Gasteiger partial charge in [-0.25, -0.2) is 0 Å². The summed E-state index contributed by atoms with van der Waals surface area (Å²) in [7, 11) is 2.17. The standard InChI is InChI=1S/C52H36N2/c1-3-54-50-19-11-7-15-41(50)43-29-33(23-27-51(43)54)35-21-25-39-38-24-20-34(32-22-26-49-42(28-32)40-14-6-10-18-48(40)53(49)2)30-46(38)52(47(39)31-35)44-16-8-4-12-36(44)37-13-5-9-17-45(37)52/h4-31H,3H2,1-2H3. The Kier molecular flexibility index (Phi) is 5.93. The molecule has 2 aromatic heterocycles. The third kappa shape index (κ3) is 3.70. The summed E-state index contributed by atoms with van der Waals surface area (Å²) in [6.45, 7) is 3.18. The fourth-order valence-corrected chi connectivity index (χ4v) is 10.4. The molecular weight excluding hydrogens is 653 g/mol. The third-order valence-electron chi connectivity index (χ3n) is 12.8. The quantitative estimate of drug-likeness (QED) is 0.175. The highest BCUT2D eigenvalue weighted by atomic mass is 15.0. The van der Waals surface area contributed by atoms with Crippen LogP contribution in [-0.2, 0) is 19.0 Å². The topological polar surface area (TPSA) is 9.86 Å². The molecule has 0 fully saturated rings. The maximum atomic E-state index is 2.51. The summed E-state index contributed by atoms with van der Waals surface area (Å²) in [6, 6.07) is 64.3. The second-order valence-corrected chi connectivity index (χ2v) is 15.2. The Morgan fingerprint density at radius 3 is 1.39 bits per heavy atom. The summed E-state index contributed by atoms with van der Waals surface area (Å²) < 4.78 is 4.75. The SMILES string of the molecule is CCn1c2ccccc2c2cc(-c3ccc4c(c3)C3(c5ccccc5-c5ccccc53)c3cc(-c5ccc6c(c5)c5ccccc5n6C)ccc3-4)ccc21. The minimum Gasteiger partial charge on any atom is -0.344 e.